The summed E-state index contributed by atoms with van der Waals surface area (Å²) in [5.74, 6) is -3.00. The van der Waals surface area contributed by atoms with Crippen molar-refractivity contribution in [1.82, 2.24) is 0 Å². The van der Waals surface area contributed by atoms with Crippen LogP contribution in [0.1, 0.15) is 34.7 Å². The van der Waals surface area contributed by atoms with E-state index in [9.17, 15) is 13.6 Å². The van der Waals surface area contributed by atoms with E-state index in [1.54, 1.807) is 24.3 Å². The number of ether oxygens (including phenoxy) is 1. The van der Waals surface area contributed by atoms with Gasteiger partial charge in [-0.05, 0) is 23.6 Å². The molecule has 0 amide bonds. The molecule has 4 heteroatoms. The van der Waals surface area contributed by atoms with Crippen LogP contribution in [-0.2, 0) is 4.74 Å². The minimum absolute atomic E-state index is 0.0818. The first-order chi connectivity index (χ1) is 7.52. The van der Waals surface area contributed by atoms with Crippen LogP contribution in [-0.4, -0.2) is 19.0 Å². The lowest BCUT2D eigenvalue weighted by Crippen LogP contribution is -2.33. The summed E-state index contributed by atoms with van der Waals surface area (Å²) in [4.78, 5) is 11.1. The van der Waals surface area contributed by atoms with Gasteiger partial charge in [0.05, 0.1) is 12.7 Å². The average Bonchev–Trinajstić information content (AvgIpc) is 2.25. The van der Waals surface area contributed by atoms with E-state index in [2.05, 4.69) is 4.74 Å². The number of hydrogen-bond donors (Lipinski definition) is 0. The number of carbonyl (C=O) groups excluding carboxylic acids is 1. The fourth-order valence-corrected chi connectivity index (χ4v) is 1.91. The Hall–Kier alpha value is -1.45. The summed E-state index contributed by atoms with van der Waals surface area (Å²) in [5, 5.41) is 0. The molecule has 0 atom stereocenters. The molecule has 1 saturated carbocycles. The first-order valence-corrected chi connectivity index (χ1v) is 5.08. The first-order valence-electron chi connectivity index (χ1n) is 5.08. The highest BCUT2D eigenvalue weighted by atomic mass is 19.3. The van der Waals surface area contributed by atoms with Gasteiger partial charge in [0, 0.05) is 12.8 Å². The Morgan fingerprint density at radius 2 is 1.88 bits per heavy atom. The van der Waals surface area contributed by atoms with Crippen LogP contribution in [0.2, 0.25) is 0 Å². The van der Waals surface area contributed by atoms with Gasteiger partial charge in [-0.2, -0.15) is 0 Å². The standard InChI is InChI=1S/C12H12F2O2/c1-16-11(15)9-4-2-8(3-5-9)10-6-12(13,14)7-10/h2-5,10H,6-7H2,1H3. The smallest absolute Gasteiger partial charge is 0.337 e. The van der Waals surface area contributed by atoms with Crippen molar-refractivity contribution in [2.45, 2.75) is 24.7 Å². The average molecular weight is 226 g/mol. The Labute approximate surface area is 92.2 Å². The molecule has 0 aromatic heterocycles. The Kier molecular flexibility index (Phi) is 2.66. The van der Waals surface area contributed by atoms with Gasteiger partial charge in [0.25, 0.3) is 0 Å². The van der Waals surface area contributed by atoms with Crippen molar-refractivity contribution in [1.29, 1.82) is 0 Å². The van der Waals surface area contributed by atoms with E-state index in [4.69, 9.17) is 0 Å². The summed E-state index contributed by atoms with van der Waals surface area (Å²) in [6, 6.07) is 6.65. The van der Waals surface area contributed by atoms with E-state index in [-0.39, 0.29) is 18.8 Å². The molecule has 0 saturated heterocycles. The molecule has 0 heterocycles. The maximum Gasteiger partial charge on any atom is 0.337 e. The number of esters is 1. The second-order valence-electron chi connectivity index (χ2n) is 4.07. The summed E-state index contributed by atoms with van der Waals surface area (Å²) < 4.78 is 29.9. The summed E-state index contributed by atoms with van der Waals surface area (Å²) >= 11 is 0. The lowest BCUT2D eigenvalue weighted by Gasteiger charge is -2.35. The second-order valence-corrected chi connectivity index (χ2v) is 4.07. The summed E-state index contributed by atoms with van der Waals surface area (Å²) in [7, 11) is 1.31. The fourth-order valence-electron chi connectivity index (χ4n) is 1.91. The van der Waals surface area contributed by atoms with E-state index in [1.807, 2.05) is 0 Å². The third kappa shape index (κ3) is 2.05. The normalized spacial score (nSPS) is 18.9. The SMILES string of the molecule is COC(=O)c1ccc(C2CC(F)(F)C2)cc1. The van der Waals surface area contributed by atoms with Gasteiger partial charge in [-0.1, -0.05) is 12.1 Å². The highest BCUT2D eigenvalue weighted by molar-refractivity contribution is 5.89. The number of rotatable bonds is 2. The molecule has 1 aliphatic rings. The van der Waals surface area contributed by atoms with Crippen molar-refractivity contribution in [2.75, 3.05) is 7.11 Å². The lowest BCUT2D eigenvalue weighted by molar-refractivity contribution is -0.0867. The molecule has 0 bridgehead atoms. The molecule has 0 radical (unpaired) electrons. The maximum atomic E-state index is 12.7. The van der Waals surface area contributed by atoms with Gasteiger partial charge in [0.2, 0.25) is 5.92 Å². The largest absolute Gasteiger partial charge is 0.465 e. The van der Waals surface area contributed by atoms with Crippen LogP contribution in [0, 0.1) is 0 Å². The van der Waals surface area contributed by atoms with Crippen LogP contribution < -0.4 is 0 Å². The minimum atomic E-state index is -2.51. The zero-order valence-electron chi connectivity index (χ0n) is 8.87. The zero-order valence-corrected chi connectivity index (χ0v) is 8.87. The van der Waals surface area contributed by atoms with Crippen molar-refractivity contribution in [3.63, 3.8) is 0 Å². The molecule has 86 valence electrons. The van der Waals surface area contributed by atoms with Gasteiger partial charge in [0.15, 0.2) is 0 Å². The van der Waals surface area contributed by atoms with Gasteiger partial charge >= 0.3 is 5.97 Å². The van der Waals surface area contributed by atoms with Crippen LogP contribution in [0.5, 0.6) is 0 Å². The molecule has 1 aromatic rings. The second kappa shape index (κ2) is 3.85. The Balaban J connectivity index is 2.06. The van der Waals surface area contributed by atoms with Crippen LogP contribution in [0.15, 0.2) is 24.3 Å². The third-order valence-electron chi connectivity index (χ3n) is 2.89. The van der Waals surface area contributed by atoms with Crippen molar-refractivity contribution < 1.29 is 18.3 Å². The quantitative estimate of drug-likeness (QED) is 0.724. The summed E-state index contributed by atoms with van der Waals surface area (Å²) in [5.41, 5.74) is 1.30. The molecule has 0 N–H and O–H groups in total. The van der Waals surface area contributed by atoms with Crippen LogP contribution in [0.25, 0.3) is 0 Å². The predicted molar refractivity (Wildman–Crippen MR) is 54.7 cm³/mol. The van der Waals surface area contributed by atoms with Crippen molar-refractivity contribution in [3.05, 3.63) is 35.4 Å². The van der Waals surface area contributed by atoms with E-state index in [1.165, 1.54) is 7.11 Å². The molecule has 1 aromatic carbocycles. The highest BCUT2D eigenvalue weighted by Crippen LogP contribution is 2.48. The predicted octanol–water partition coefficient (Wildman–Crippen LogP) is 2.99. The molecule has 16 heavy (non-hydrogen) atoms. The number of methoxy groups -OCH3 is 1. The van der Waals surface area contributed by atoms with Crippen LogP contribution in [0.4, 0.5) is 8.78 Å². The Morgan fingerprint density at radius 1 is 1.31 bits per heavy atom. The number of benzene rings is 1. The summed E-state index contributed by atoms with van der Waals surface area (Å²) in [6.07, 6.45) is -0.185. The molecule has 0 unspecified atom stereocenters. The molecular formula is C12H12F2O2. The van der Waals surface area contributed by atoms with Crippen LogP contribution >= 0.6 is 0 Å². The van der Waals surface area contributed by atoms with Crippen molar-refractivity contribution in [2.24, 2.45) is 0 Å². The van der Waals surface area contributed by atoms with E-state index in [0.29, 0.717) is 5.56 Å². The van der Waals surface area contributed by atoms with Gasteiger partial charge in [0.1, 0.15) is 0 Å². The van der Waals surface area contributed by atoms with Crippen molar-refractivity contribution in [3.8, 4) is 0 Å². The fraction of sp³-hybridized carbons (Fsp3) is 0.417. The topological polar surface area (TPSA) is 26.3 Å². The van der Waals surface area contributed by atoms with Gasteiger partial charge in [-0.3, -0.25) is 0 Å². The van der Waals surface area contributed by atoms with Gasteiger partial charge in [-0.15, -0.1) is 0 Å². The van der Waals surface area contributed by atoms with E-state index >= 15 is 0 Å². The molecule has 2 nitrogen and oxygen atoms in total. The number of alkyl halides is 2. The highest BCUT2D eigenvalue weighted by Gasteiger charge is 2.45. The number of halogens is 2. The third-order valence-corrected chi connectivity index (χ3v) is 2.89. The molecule has 0 spiro atoms. The summed E-state index contributed by atoms with van der Waals surface area (Å²) in [6.45, 7) is 0. The van der Waals surface area contributed by atoms with Gasteiger partial charge < -0.3 is 4.74 Å². The minimum Gasteiger partial charge on any atom is -0.465 e. The molecular weight excluding hydrogens is 214 g/mol. The molecule has 1 fully saturated rings. The molecule has 0 aliphatic heterocycles. The number of carbonyl (C=O) groups is 1. The molecule has 1 aliphatic carbocycles. The zero-order chi connectivity index (χ0) is 11.8. The first kappa shape index (κ1) is 11.0. The van der Waals surface area contributed by atoms with E-state index < -0.39 is 11.9 Å². The lowest BCUT2D eigenvalue weighted by atomic mass is 9.76. The van der Waals surface area contributed by atoms with Gasteiger partial charge in [-0.25, -0.2) is 13.6 Å². The Bertz CT molecular complexity index is 390. The number of hydrogen-bond acceptors (Lipinski definition) is 2. The molecule has 2 rings (SSSR count). The van der Waals surface area contributed by atoms with E-state index in [0.717, 1.165) is 5.56 Å². The maximum absolute atomic E-state index is 12.7. The monoisotopic (exact) mass is 226 g/mol. The Morgan fingerprint density at radius 3 is 2.31 bits per heavy atom. The van der Waals surface area contributed by atoms with Crippen LogP contribution in [0.3, 0.4) is 0 Å². The van der Waals surface area contributed by atoms with Crippen molar-refractivity contribution >= 4 is 5.97 Å².